The van der Waals surface area contributed by atoms with Crippen molar-refractivity contribution in [1.29, 1.82) is 0 Å². The summed E-state index contributed by atoms with van der Waals surface area (Å²) in [6.45, 7) is 3.55. The first-order valence-corrected chi connectivity index (χ1v) is 4.77. The van der Waals surface area contributed by atoms with Gasteiger partial charge in [0.25, 0.3) is 0 Å². The van der Waals surface area contributed by atoms with Crippen LogP contribution in [-0.2, 0) is 12.6 Å². The van der Waals surface area contributed by atoms with Gasteiger partial charge in [-0.15, -0.1) is 0 Å². The van der Waals surface area contributed by atoms with Gasteiger partial charge < -0.3 is 0 Å². The summed E-state index contributed by atoms with van der Waals surface area (Å²) in [5.74, 6) is -3.17. The van der Waals surface area contributed by atoms with Gasteiger partial charge in [-0.25, -0.2) is 8.78 Å². The molecule has 0 atom stereocenters. The topological polar surface area (TPSA) is 0 Å². The Bertz CT molecular complexity index is 379. The lowest BCUT2D eigenvalue weighted by molar-refractivity contribution is -0.140. The van der Waals surface area contributed by atoms with Gasteiger partial charge in [0.2, 0.25) is 0 Å². The van der Waals surface area contributed by atoms with Gasteiger partial charge in [-0.1, -0.05) is 19.9 Å². The molecule has 0 fully saturated rings. The molecule has 0 aliphatic carbocycles. The second kappa shape index (κ2) is 4.39. The van der Waals surface area contributed by atoms with Gasteiger partial charge in [-0.05, 0) is 24.0 Å². The van der Waals surface area contributed by atoms with Crippen LogP contribution in [0.3, 0.4) is 0 Å². The van der Waals surface area contributed by atoms with E-state index in [-0.39, 0.29) is 17.9 Å². The fourth-order valence-electron chi connectivity index (χ4n) is 1.41. The number of benzene rings is 1. The maximum absolute atomic E-state index is 13.3. The monoisotopic (exact) mass is 238 g/mol. The molecule has 90 valence electrons. The van der Waals surface area contributed by atoms with E-state index in [0.717, 1.165) is 6.07 Å². The van der Waals surface area contributed by atoms with E-state index in [4.69, 9.17) is 0 Å². The van der Waals surface area contributed by atoms with Gasteiger partial charge in [0.15, 0.2) is 11.6 Å². The molecule has 0 aliphatic rings. The van der Waals surface area contributed by atoms with Crippen molar-refractivity contribution in [1.82, 2.24) is 0 Å². The molecule has 0 unspecified atom stereocenters. The van der Waals surface area contributed by atoms with Crippen molar-refractivity contribution in [2.24, 2.45) is 5.92 Å². The molecule has 0 nitrogen and oxygen atoms in total. The average Bonchev–Trinajstić information content (AvgIpc) is 2.10. The standard InChI is InChI=1S/C11H11F5/c1-6(2)5-7-3-4-8(11(14,15)16)10(13)9(7)12/h3-4,6H,5H2,1-2H3. The van der Waals surface area contributed by atoms with Crippen LogP contribution in [0.1, 0.15) is 25.0 Å². The van der Waals surface area contributed by atoms with Gasteiger partial charge >= 0.3 is 6.18 Å². The highest BCUT2D eigenvalue weighted by atomic mass is 19.4. The highest BCUT2D eigenvalue weighted by Crippen LogP contribution is 2.33. The molecule has 0 spiro atoms. The van der Waals surface area contributed by atoms with Gasteiger partial charge in [0.05, 0.1) is 5.56 Å². The molecular formula is C11H11F5. The Hall–Kier alpha value is -1.13. The molecular weight excluding hydrogens is 227 g/mol. The average molecular weight is 238 g/mol. The summed E-state index contributed by atoms with van der Waals surface area (Å²) in [5.41, 5.74) is -1.59. The molecule has 0 aromatic heterocycles. The predicted octanol–water partition coefficient (Wildman–Crippen LogP) is 4.18. The molecule has 0 N–H and O–H groups in total. The minimum Gasteiger partial charge on any atom is -0.203 e. The Balaban J connectivity index is 3.19. The molecule has 0 saturated heterocycles. The summed E-state index contributed by atoms with van der Waals surface area (Å²) in [5, 5.41) is 0. The highest BCUT2D eigenvalue weighted by molar-refractivity contribution is 5.28. The van der Waals surface area contributed by atoms with E-state index in [2.05, 4.69) is 0 Å². The van der Waals surface area contributed by atoms with Crippen LogP contribution >= 0.6 is 0 Å². The molecule has 0 bridgehead atoms. The van der Waals surface area contributed by atoms with Gasteiger partial charge in [-0.3, -0.25) is 0 Å². The molecule has 1 aromatic rings. The van der Waals surface area contributed by atoms with Crippen LogP contribution in [0.2, 0.25) is 0 Å². The van der Waals surface area contributed by atoms with Crippen molar-refractivity contribution in [3.63, 3.8) is 0 Å². The molecule has 1 rings (SSSR count). The number of hydrogen-bond donors (Lipinski definition) is 0. The van der Waals surface area contributed by atoms with Crippen molar-refractivity contribution in [3.8, 4) is 0 Å². The maximum atomic E-state index is 13.3. The second-order valence-electron chi connectivity index (χ2n) is 4.00. The first-order chi connectivity index (χ1) is 7.23. The molecule has 16 heavy (non-hydrogen) atoms. The first-order valence-electron chi connectivity index (χ1n) is 4.77. The molecule has 0 radical (unpaired) electrons. The zero-order valence-electron chi connectivity index (χ0n) is 8.83. The lowest BCUT2D eigenvalue weighted by atomic mass is 10.0. The molecule has 0 heterocycles. The van der Waals surface area contributed by atoms with Crippen molar-refractivity contribution in [3.05, 3.63) is 34.9 Å². The molecule has 0 amide bonds. The Morgan fingerprint density at radius 1 is 1.06 bits per heavy atom. The highest BCUT2D eigenvalue weighted by Gasteiger charge is 2.35. The normalized spacial score (nSPS) is 12.2. The van der Waals surface area contributed by atoms with Crippen LogP contribution in [0.4, 0.5) is 22.0 Å². The SMILES string of the molecule is CC(C)Cc1ccc(C(F)(F)F)c(F)c1F. The zero-order chi connectivity index (χ0) is 12.5. The van der Waals surface area contributed by atoms with Crippen LogP contribution in [0.25, 0.3) is 0 Å². The number of alkyl halides is 3. The van der Waals surface area contributed by atoms with Crippen LogP contribution in [0.15, 0.2) is 12.1 Å². The van der Waals surface area contributed by atoms with E-state index in [0.29, 0.717) is 6.07 Å². The van der Waals surface area contributed by atoms with Crippen molar-refractivity contribution < 1.29 is 22.0 Å². The lowest BCUT2D eigenvalue weighted by Gasteiger charge is -2.12. The fraction of sp³-hybridized carbons (Fsp3) is 0.455. The lowest BCUT2D eigenvalue weighted by Crippen LogP contribution is -2.11. The van der Waals surface area contributed by atoms with Crippen molar-refractivity contribution >= 4 is 0 Å². The van der Waals surface area contributed by atoms with Crippen LogP contribution in [-0.4, -0.2) is 0 Å². The van der Waals surface area contributed by atoms with Gasteiger partial charge in [0.1, 0.15) is 0 Å². The summed E-state index contributed by atoms with van der Waals surface area (Å²) in [6, 6.07) is 1.57. The quantitative estimate of drug-likeness (QED) is 0.678. The summed E-state index contributed by atoms with van der Waals surface area (Å²) < 4.78 is 63.0. The summed E-state index contributed by atoms with van der Waals surface area (Å²) >= 11 is 0. The molecule has 0 aliphatic heterocycles. The molecule has 0 saturated carbocycles. The fourth-order valence-corrected chi connectivity index (χ4v) is 1.41. The predicted molar refractivity (Wildman–Crippen MR) is 49.9 cm³/mol. The first kappa shape index (κ1) is 12.9. The van der Waals surface area contributed by atoms with E-state index in [9.17, 15) is 22.0 Å². The second-order valence-corrected chi connectivity index (χ2v) is 4.00. The summed E-state index contributed by atoms with van der Waals surface area (Å²) in [6.07, 6.45) is -4.65. The Morgan fingerprint density at radius 3 is 2.06 bits per heavy atom. The molecule has 1 aromatic carbocycles. The third-order valence-electron chi connectivity index (χ3n) is 2.10. The number of halogens is 5. The Labute approximate surface area is 90.1 Å². The maximum Gasteiger partial charge on any atom is 0.419 e. The van der Waals surface area contributed by atoms with Crippen molar-refractivity contribution in [2.45, 2.75) is 26.4 Å². The minimum absolute atomic E-state index is 0.0273. The van der Waals surface area contributed by atoms with Crippen molar-refractivity contribution in [2.75, 3.05) is 0 Å². The van der Waals surface area contributed by atoms with E-state index >= 15 is 0 Å². The van der Waals surface area contributed by atoms with Crippen LogP contribution < -0.4 is 0 Å². The van der Waals surface area contributed by atoms with Crippen LogP contribution in [0, 0.1) is 17.6 Å². The Kier molecular flexibility index (Phi) is 3.55. The van der Waals surface area contributed by atoms with E-state index in [1.54, 1.807) is 13.8 Å². The minimum atomic E-state index is -4.86. The molecule has 5 heteroatoms. The smallest absolute Gasteiger partial charge is 0.203 e. The summed E-state index contributed by atoms with van der Waals surface area (Å²) in [4.78, 5) is 0. The number of rotatable bonds is 2. The summed E-state index contributed by atoms with van der Waals surface area (Å²) in [7, 11) is 0. The number of hydrogen-bond acceptors (Lipinski definition) is 0. The third kappa shape index (κ3) is 2.71. The van der Waals surface area contributed by atoms with E-state index < -0.39 is 23.4 Å². The van der Waals surface area contributed by atoms with Gasteiger partial charge in [0, 0.05) is 0 Å². The zero-order valence-corrected chi connectivity index (χ0v) is 8.83. The van der Waals surface area contributed by atoms with Crippen LogP contribution in [0.5, 0.6) is 0 Å². The van der Waals surface area contributed by atoms with Gasteiger partial charge in [-0.2, -0.15) is 13.2 Å². The van der Waals surface area contributed by atoms with E-state index in [1.807, 2.05) is 0 Å². The Morgan fingerprint density at radius 2 is 1.62 bits per heavy atom. The van der Waals surface area contributed by atoms with E-state index in [1.165, 1.54) is 0 Å². The largest absolute Gasteiger partial charge is 0.419 e. The third-order valence-corrected chi connectivity index (χ3v) is 2.10.